The summed E-state index contributed by atoms with van der Waals surface area (Å²) in [5, 5.41) is 3.77. The molecule has 0 aromatic heterocycles. The number of rotatable bonds is 6. The maximum absolute atomic E-state index is 11.9. The highest BCUT2D eigenvalue weighted by Gasteiger charge is 2.40. The van der Waals surface area contributed by atoms with Crippen LogP contribution in [-0.4, -0.2) is 43.6 Å². The first-order chi connectivity index (χ1) is 10.5. The number of methoxy groups -OCH3 is 1. The topological polar surface area (TPSA) is 58.6 Å². The Morgan fingerprint density at radius 2 is 2.14 bits per heavy atom. The van der Waals surface area contributed by atoms with Gasteiger partial charge in [-0.15, -0.1) is 0 Å². The minimum atomic E-state index is -0.388. The van der Waals surface area contributed by atoms with Gasteiger partial charge in [0.25, 0.3) is 0 Å². The highest BCUT2D eigenvalue weighted by atomic mass is 35.5. The van der Waals surface area contributed by atoms with E-state index < -0.39 is 0 Å². The van der Waals surface area contributed by atoms with Crippen molar-refractivity contribution in [2.75, 3.05) is 20.7 Å². The van der Waals surface area contributed by atoms with Gasteiger partial charge in [-0.05, 0) is 24.5 Å². The van der Waals surface area contributed by atoms with Crippen molar-refractivity contribution in [2.24, 2.45) is 0 Å². The molecule has 120 valence electrons. The van der Waals surface area contributed by atoms with Gasteiger partial charge in [0.1, 0.15) is 0 Å². The number of ether oxygens (including phenoxy) is 1. The lowest BCUT2D eigenvalue weighted by Crippen LogP contribution is -2.30. The molecule has 0 saturated heterocycles. The molecule has 1 aromatic rings. The van der Waals surface area contributed by atoms with E-state index in [-0.39, 0.29) is 18.0 Å². The summed E-state index contributed by atoms with van der Waals surface area (Å²) >= 11 is 6.16. The van der Waals surface area contributed by atoms with Gasteiger partial charge in [-0.2, -0.15) is 0 Å². The molecular formula is C16H21ClN2O3. The van der Waals surface area contributed by atoms with E-state index in [0.29, 0.717) is 25.3 Å². The number of nitrogens with zero attached hydrogens (tertiary/aromatic N) is 1. The summed E-state index contributed by atoms with van der Waals surface area (Å²) in [5.41, 5.74) is 1.10. The summed E-state index contributed by atoms with van der Waals surface area (Å²) in [6.07, 6.45) is 1.55. The number of amides is 2. The minimum Gasteiger partial charge on any atom is -0.453 e. The highest BCUT2D eigenvalue weighted by molar-refractivity contribution is 6.31. The minimum absolute atomic E-state index is 0.0119. The van der Waals surface area contributed by atoms with Crippen molar-refractivity contribution < 1.29 is 14.3 Å². The summed E-state index contributed by atoms with van der Waals surface area (Å²) in [7, 11) is 2.99. The van der Waals surface area contributed by atoms with Crippen molar-refractivity contribution in [3.05, 3.63) is 34.9 Å². The fourth-order valence-corrected chi connectivity index (χ4v) is 2.75. The van der Waals surface area contributed by atoms with Crippen LogP contribution in [0.2, 0.25) is 5.02 Å². The third kappa shape index (κ3) is 4.37. The molecule has 1 aliphatic rings. The third-order valence-corrected chi connectivity index (χ3v) is 4.17. The Labute approximate surface area is 135 Å². The van der Waals surface area contributed by atoms with Crippen LogP contribution >= 0.6 is 11.6 Å². The Balaban J connectivity index is 1.69. The van der Waals surface area contributed by atoms with Gasteiger partial charge < -0.3 is 15.0 Å². The van der Waals surface area contributed by atoms with E-state index in [4.69, 9.17) is 11.6 Å². The number of hydrogen-bond donors (Lipinski definition) is 1. The molecule has 1 aromatic carbocycles. The number of nitrogens with one attached hydrogen (secondary N) is 1. The van der Waals surface area contributed by atoms with Gasteiger partial charge in [0.05, 0.1) is 7.11 Å². The molecule has 1 fully saturated rings. The molecule has 2 atom stereocenters. The summed E-state index contributed by atoms with van der Waals surface area (Å²) in [6.45, 7) is 0.499. The van der Waals surface area contributed by atoms with Crippen LogP contribution in [0.1, 0.15) is 30.7 Å². The molecule has 1 saturated carbocycles. The van der Waals surface area contributed by atoms with Crippen LogP contribution in [0, 0.1) is 0 Å². The van der Waals surface area contributed by atoms with E-state index in [2.05, 4.69) is 10.1 Å². The molecule has 1 N–H and O–H groups in total. The second-order valence-corrected chi connectivity index (χ2v) is 5.94. The Bertz CT molecular complexity index is 550. The van der Waals surface area contributed by atoms with E-state index in [0.717, 1.165) is 17.0 Å². The van der Waals surface area contributed by atoms with Crippen LogP contribution in [0.15, 0.2) is 24.3 Å². The fraction of sp³-hybridized carbons (Fsp3) is 0.500. The van der Waals surface area contributed by atoms with E-state index in [1.807, 2.05) is 24.3 Å². The van der Waals surface area contributed by atoms with Gasteiger partial charge in [0, 0.05) is 37.0 Å². The molecule has 22 heavy (non-hydrogen) atoms. The van der Waals surface area contributed by atoms with Gasteiger partial charge in [-0.3, -0.25) is 4.79 Å². The largest absolute Gasteiger partial charge is 0.453 e. The smallest absolute Gasteiger partial charge is 0.409 e. The van der Waals surface area contributed by atoms with Crippen LogP contribution < -0.4 is 5.32 Å². The third-order valence-electron chi connectivity index (χ3n) is 3.83. The lowest BCUT2D eigenvalue weighted by Gasteiger charge is -2.14. The predicted molar refractivity (Wildman–Crippen MR) is 85.0 cm³/mol. The zero-order chi connectivity index (χ0) is 16.1. The lowest BCUT2D eigenvalue weighted by molar-refractivity contribution is -0.121. The first-order valence-corrected chi connectivity index (χ1v) is 7.73. The lowest BCUT2D eigenvalue weighted by atomic mass is 10.1. The second kappa shape index (κ2) is 7.49. The van der Waals surface area contributed by atoms with Crippen molar-refractivity contribution in [2.45, 2.75) is 31.2 Å². The zero-order valence-corrected chi connectivity index (χ0v) is 13.6. The maximum Gasteiger partial charge on any atom is 0.409 e. The predicted octanol–water partition coefficient (Wildman–Crippen LogP) is 2.79. The highest BCUT2D eigenvalue weighted by Crippen LogP contribution is 2.43. The van der Waals surface area contributed by atoms with Crippen LogP contribution in [0.3, 0.4) is 0 Å². The standard InChI is InChI=1S/C16H21ClN2O3/c1-19(16(21)22-2)9-5-8-15(20)18-14-10-12(14)11-6-3-4-7-13(11)17/h3-4,6-7,12,14H,5,8-10H2,1-2H3,(H,18,20). The van der Waals surface area contributed by atoms with Crippen LogP contribution in [0.25, 0.3) is 0 Å². The van der Waals surface area contributed by atoms with E-state index in [1.165, 1.54) is 12.0 Å². The van der Waals surface area contributed by atoms with Crippen molar-refractivity contribution in [3.8, 4) is 0 Å². The summed E-state index contributed by atoms with van der Waals surface area (Å²) in [6, 6.07) is 7.91. The van der Waals surface area contributed by atoms with Crippen LogP contribution in [0.4, 0.5) is 4.79 Å². The Hall–Kier alpha value is -1.75. The normalized spacial score (nSPS) is 19.4. The maximum atomic E-state index is 11.9. The van der Waals surface area contributed by atoms with Crippen molar-refractivity contribution in [1.29, 1.82) is 0 Å². The first kappa shape index (κ1) is 16.6. The van der Waals surface area contributed by atoms with Crippen LogP contribution in [0.5, 0.6) is 0 Å². The van der Waals surface area contributed by atoms with Crippen molar-refractivity contribution >= 4 is 23.6 Å². The average molecular weight is 325 g/mol. The second-order valence-electron chi connectivity index (χ2n) is 5.53. The Kier molecular flexibility index (Phi) is 5.66. The molecule has 2 unspecified atom stereocenters. The Morgan fingerprint density at radius 3 is 2.82 bits per heavy atom. The summed E-state index contributed by atoms with van der Waals surface area (Å²) in [5.74, 6) is 0.327. The molecule has 0 radical (unpaired) electrons. The van der Waals surface area contributed by atoms with Gasteiger partial charge in [0.15, 0.2) is 0 Å². The number of carbonyl (C=O) groups excluding carboxylic acids is 2. The molecule has 0 bridgehead atoms. The first-order valence-electron chi connectivity index (χ1n) is 7.35. The van der Waals surface area contributed by atoms with Gasteiger partial charge >= 0.3 is 6.09 Å². The summed E-state index contributed by atoms with van der Waals surface area (Å²) < 4.78 is 4.59. The number of carbonyl (C=O) groups is 2. The van der Waals surface area contributed by atoms with Gasteiger partial charge in [0.2, 0.25) is 5.91 Å². The average Bonchev–Trinajstić information content (AvgIpc) is 3.25. The molecule has 2 amide bonds. The number of benzene rings is 1. The number of hydrogen-bond acceptors (Lipinski definition) is 3. The molecular weight excluding hydrogens is 304 g/mol. The zero-order valence-electron chi connectivity index (χ0n) is 12.8. The quantitative estimate of drug-likeness (QED) is 0.875. The molecule has 0 aliphatic heterocycles. The van der Waals surface area contributed by atoms with Crippen molar-refractivity contribution in [3.63, 3.8) is 0 Å². The SMILES string of the molecule is COC(=O)N(C)CCCC(=O)NC1CC1c1ccccc1Cl. The van der Waals surface area contributed by atoms with Gasteiger partial charge in [-0.1, -0.05) is 29.8 Å². The van der Waals surface area contributed by atoms with E-state index in [9.17, 15) is 9.59 Å². The molecule has 0 heterocycles. The fourth-order valence-electron chi connectivity index (χ4n) is 2.48. The molecule has 5 nitrogen and oxygen atoms in total. The monoisotopic (exact) mass is 324 g/mol. The number of halogens is 1. The van der Waals surface area contributed by atoms with E-state index >= 15 is 0 Å². The summed E-state index contributed by atoms with van der Waals surface area (Å²) in [4.78, 5) is 24.6. The Morgan fingerprint density at radius 1 is 1.41 bits per heavy atom. The molecule has 2 rings (SSSR count). The molecule has 6 heteroatoms. The molecule has 0 spiro atoms. The van der Waals surface area contributed by atoms with Crippen molar-refractivity contribution in [1.82, 2.24) is 10.2 Å². The molecule has 1 aliphatic carbocycles. The van der Waals surface area contributed by atoms with Crippen LogP contribution in [-0.2, 0) is 9.53 Å². The van der Waals surface area contributed by atoms with Gasteiger partial charge in [-0.25, -0.2) is 4.79 Å². The van der Waals surface area contributed by atoms with E-state index in [1.54, 1.807) is 7.05 Å².